The van der Waals surface area contributed by atoms with Crippen LogP contribution in [0.4, 0.5) is 0 Å². The first kappa shape index (κ1) is 12.0. The van der Waals surface area contributed by atoms with Crippen molar-refractivity contribution in [3.05, 3.63) is 48.0 Å². The summed E-state index contributed by atoms with van der Waals surface area (Å²) < 4.78 is 0. The number of hydrogen-bond donors (Lipinski definition) is 1. The van der Waals surface area contributed by atoms with Crippen LogP contribution in [0.15, 0.2) is 42.5 Å². The Morgan fingerprint density at radius 3 is 2.40 bits per heavy atom. The summed E-state index contributed by atoms with van der Waals surface area (Å²) >= 11 is 0. The fraction of sp³-hybridized carbons (Fsp3) is 0.429. The van der Waals surface area contributed by atoms with Crippen LogP contribution in [0.25, 0.3) is 0 Å². The van der Waals surface area contributed by atoms with Crippen LogP contribution in [-0.4, -0.2) is 11.7 Å². The van der Waals surface area contributed by atoms with Crippen molar-refractivity contribution in [2.24, 2.45) is 5.92 Å². The first-order valence-corrected chi connectivity index (χ1v) is 5.58. The van der Waals surface area contributed by atoms with Crippen molar-refractivity contribution in [3.8, 4) is 0 Å². The third-order valence-corrected chi connectivity index (χ3v) is 2.64. The largest absolute Gasteiger partial charge is 0.396 e. The molecule has 1 aromatic carbocycles. The SMILES string of the molecule is C[C@H](/C=C/[C@@H](C)c1ccccc1)CCO. The second-order valence-electron chi connectivity index (χ2n) is 4.07. The summed E-state index contributed by atoms with van der Waals surface area (Å²) in [5, 5.41) is 8.79. The maximum Gasteiger partial charge on any atom is 0.0436 e. The molecular formula is C14H20O. The molecule has 0 amide bonds. The topological polar surface area (TPSA) is 20.2 Å². The molecule has 1 N–H and O–H groups in total. The Balaban J connectivity index is 2.52. The molecule has 0 aliphatic heterocycles. The van der Waals surface area contributed by atoms with Crippen molar-refractivity contribution in [2.75, 3.05) is 6.61 Å². The van der Waals surface area contributed by atoms with E-state index in [0.717, 1.165) is 6.42 Å². The van der Waals surface area contributed by atoms with Gasteiger partial charge in [-0.1, -0.05) is 56.3 Å². The van der Waals surface area contributed by atoms with Gasteiger partial charge in [-0.05, 0) is 23.8 Å². The van der Waals surface area contributed by atoms with Crippen molar-refractivity contribution >= 4 is 0 Å². The molecule has 0 saturated carbocycles. The van der Waals surface area contributed by atoms with E-state index in [-0.39, 0.29) is 6.61 Å². The fourth-order valence-electron chi connectivity index (χ4n) is 1.52. The Kier molecular flexibility index (Phi) is 5.13. The quantitative estimate of drug-likeness (QED) is 0.729. The number of aliphatic hydroxyl groups is 1. The highest BCUT2D eigenvalue weighted by Gasteiger charge is 2.01. The first-order chi connectivity index (χ1) is 7.24. The maximum absolute atomic E-state index is 8.79. The number of allylic oxidation sites excluding steroid dienone is 2. The lowest BCUT2D eigenvalue weighted by Gasteiger charge is -2.08. The van der Waals surface area contributed by atoms with Gasteiger partial charge in [0.2, 0.25) is 0 Å². The molecule has 0 unspecified atom stereocenters. The fourth-order valence-corrected chi connectivity index (χ4v) is 1.52. The van der Waals surface area contributed by atoms with E-state index in [9.17, 15) is 0 Å². The monoisotopic (exact) mass is 204 g/mol. The Morgan fingerprint density at radius 1 is 1.13 bits per heavy atom. The second-order valence-corrected chi connectivity index (χ2v) is 4.07. The van der Waals surface area contributed by atoms with Crippen molar-refractivity contribution in [1.29, 1.82) is 0 Å². The molecule has 15 heavy (non-hydrogen) atoms. The molecule has 2 atom stereocenters. The van der Waals surface area contributed by atoms with Gasteiger partial charge in [-0.3, -0.25) is 0 Å². The Hall–Kier alpha value is -1.08. The van der Waals surface area contributed by atoms with Gasteiger partial charge in [-0.25, -0.2) is 0 Å². The average molecular weight is 204 g/mol. The molecule has 82 valence electrons. The van der Waals surface area contributed by atoms with Crippen LogP contribution in [0.2, 0.25) is 0 Å². The lowest BCUT2D eigenvalue weighted by molar-refractivity contribution is 0.274. The molecule has 0 spiro atoms. The summed E-state index contributed by atoms with van der Waals surface area (Å²) in [6.07, 6.45) is 5.25. The standard InChI is InChI=1S/C14H20O/c1-12(10-11-15)8-9-13(2)14-6-4-3-5-7-14/h3-9,12-13,15H,10-11H2,1-2H3/b9-8+/t12-,13-/m1/s1. The van der Waals surface area contributed by atoms with Crippen molar-refractivity contribution < 1.29 is 5.11 Å². The number of aliphatic hydroxyl groups excluding tert-OH is 1. The van der Waals surface area contributed by atoms with Gasteiger partial charge in [0.15, 0.2) is 0 Å². The molecule has 0 fully saturated rings. The van der Waals surface area contributed by atoms with E-state index in [0.29, 0.717) is 11.8 Å². The maximum atomic E-state index is 8.79. The minimum atomic E-state index is 0.269. The summed E-state index contributed by atoms with van der Waals surface area (Å²) in [5.74, 6) is 0.911. The van der Waals surface area contributed by atoms with Crippen LogP contribution < -0.4 is 0 Å². The van der Waals surface area contributed by atoms with Gasteiger partial charge in [-0.2, -0.15) is 0 Å². The van der Waals surface area contributed by atoms with E-state index >= 15 is 0 Å². The van der Waals surface area contributed by atoms with E-state index in [1.807, 2.05) is 6.07 Å². The predicted molar refractivity (Wildman–Crippen MR) is 64.9 cm³/mol. The molecule has 0 saturated heterocycles. The molecule has 0 heterocycles. The third kappa shape index (κ3) is 4.30. The van der Waals surface area contributed by atoms with E-state index in [1.54, 1.807) is 0 Å². The van der Waals surface area contributed by atoms with Gasteiger partial charge in [-0.15, -0.1) is 0 Å². The molecule has 0 aromatic heterocycles. The van der Waals surface area contributed by atoms with Gasteiger partial charge >= 0.3 is 0 Å². The highest BCUT2D eigenvalue weighted by atomic mass is 16.2. The number of benzene rings is 1. The van der Waals surface area contributed by atoms with Gasteiger partial charge in [0.05, 0.1) is 0 Å². The smallest absolute Gasteiger partial charge is 0.0436 e. The molecule has 0 aliphatic carbocycles. The van der Waals surface area contributed by atoms with Gasteiger partial charge < -0.3 is 5.11 Å². The zero-order valence-corrected chi connectivity index (χ0v) is 9.56. The lowest BCUT2D eigenvalue weighted by Crippen LogP contribution is -1.95. The van der Waals surface area contributed by atoms with Crippen LogP contribution in [-0.2, 0) is 0 Å². The van der Waals surface area contributed by atoms with Crippen molar-refractivity contribution in [3.63, 3.8) is 0 Å². The molecule has 1 aromatic rings. The molecule has 0 radical (unpaired) electrons. The van der Waals surface area contributed by atoms with Gasteiger partial charge in [0.25, 0.3) is 0 Å². The van der Waals surface area contributed by atoms with Gasteiger partial charge in [0.1, 0.15) is 0 Å². The van der Waals surface area contributed by atoms with Crippen molar-refractivity contribution in [1.82, 2.24) is 0 Å². The summed E-state index contributed by atoms with van der Waals surface area (Å²) in [5.41, 5.74) is 1.34. The van der Waals surface area contributed by atoms with Crippen LogP contribution in [0.3, 0.4) is 0 Å². The number of rotatable bonds is 5. The molecule has 1 nitrogen and oxygen atoms in total. The summed E-state index contributed by atoms with van der Waals surface area (Å²) in [4.78, 5) is 0. The van der Waals surface area contributed by atoms with Crippen LogP contribution in [0.1, 0.15) is 31.7 Å². The molecule has 0 bridgehead atoms. The molecule has 0 aliphatic rings. The zero-order chi connectivity index (χ0) is 11.1. The third-order valence-electron chi connectivity index (χ3n) is 2.64. The Morgan fingerprint density at radius 2 is 1.80 bits per heavy atom. The minimum absolute atomic E-state index is 0.269. The highest BCUT2D eigenvalue weighted by molar-refractivity contribution is 5.22. The molecule has 1 rings (SSSR count). The van der Waals surface area contributed by atoms with Crippen LogP contribution >= 0.6 is 0 Å². The minimum Gasteiger partial charge on any atom is -0.396 e. The Labute approximate surface area is 92.5 Å². The van der Waals surface area contributed by atoms with E-state index < -0.39 is 0 Å². The Bertz CT molecular complexity index is 289. The lowest BCUT2D eigenvalue weighted by atomic mass is 9.98. The summed E-state index contributed by atoms with van der Waals surface area (Å²) in [6.45, 7) is 4.59. The molecular weight excluding hydrogens is 184 g/mol. The second kappa shape index (κ2) is 6.41. The summed E-state index contributed by atoms with van der Waals surface area (Å²) in [7, 11) is 0. The zero-order valence-electron chi connectivity index (χ0n) is 9.56. The van der Waals surface area contributed by atoms with Crippen molar-refractivity contribution in [2.45, 2.75) is 26.2 Å². The van der Waals surface area contributed by atoms with Crippen LogP contribution in [0.5, 0.6) is 0 Å². The highest BCUT2D eigenvalue weighted by Crippen LogP contribution is 2.17. The van der Waals surface area contributed by atoms with Crippen LogP contribution in [0, 0.1) is 5.92 Å². The van der Waals surface area contributed by atoms with E-state index in [2.05, 4.69) is 50.3 Å². The molecule has 1 heteroatoms. The van der Waals surface area contributed by atoms with Gasteiger partial charge in [0, 0.05) is 6.61 Å². The average Bonchev–Trinajstić information content (AvgIpc) is 2.27. The first-order valence-electron chi connectivity index (χ1n) is 5.58. The predicted octanol–water partition coefficient (Wildman–Crippen LogP) is 3.36. The van der Waals surface area contributed by atoms with E-state index in [4.69, 9.17) is 5.11 Å². The summed E-state index contributed by atoms with van der Waals surface area (Å²) in [6, 6.07) is 10.5. The normalized spacial score (nSPS) is 15.4. The van der Waals surface area contributed by atoms with E-state index in [1.165, 1.54) is 5.56 Å². The number of hydrogen-bond acceptors (Lipinski definition) is 1.